The van der Waals surface area contributed by atoms with Crippen LogP contribution in [0.25, 0.3) is 10.9 Å². The van der Waals surface area contributed by atoms with E-state index in [0.29, 0.717) is 0 Å². The van der Waals surface area contributed by atoms with Crippen LogP contribution in [0.15, 0.2) is 42.5 Å². The fraction of sp³-hybridized carbons (Fsp3) is 0.211. The molecular formula is C19H15ClN2O. The highest BCUT2D eigenvalue weighted by Gasteiger charge is 2.51. The zero-order valence-corrected chi connectivity index (χ0v) is 13.4. The average molecular weight is 323 g/mol. The van der Waals surface area contributed by atoms with Gasteiger partial charge in [0.15, 0.2) is 0 Å². The lowest BCUT2D eigenvalue weighted by Crippen LogP contribution is -2.47. The van der Waals surface area contributed by atoms with Crippen LogP contribution in [0.4, 0.5) is 0 Å². The van der Waals surface area contributed by atoms with Crippen molar-refractivity contribution in [2.24, 2.45) is 0 Å². The van der Waals surface area contributed by atoms with Gasteiger partial charge in [-0.05, 0) is 48.7 Å². The van der Waals surface area contributed by atoms with E-state index >= 15 is 0 Å². The maximum Gasteiger partial charge on any atom is 0.255 e. The molecule has 2 aromatic carbocycles. The van der Waals surface area contributed by atoms with Crippen LogP contribution in [0.5, 0.6) is 0 Å². The first-order chi connectivity index (χ1) is 11.1. The Morgan fingerprint density at radius 2 is 2.04 bits per heavy atom. The lowest BCUT2D eigenvalue weighted by atomic mass is 9.83. The minimum atomic E-state index is -0.424. The number of nitrogens with one attached hydrogen (secondary N) is 1. The third-order valence-corrected chi connectivity index (χ3v) is 5.64. The minimum absolute atomic E-state index is 0.130. The molecule has 1 aromatic heterocycles. The van der Waals surface area contributed by atoms with E-state index in [1.165, 1.54) is 10.9 Å². The molecule has 1 amide bonds. The van der Waals surface area contributed by atoms with Crippen molar-refractivity contribution in [3.63, 3.8) is 0 Å². The molecule has 0 fully saturated rings. The number of H-pyrrole nitrogens is 1. The summed E-state index contributed by atoms with van der Waals surface area (Å²) < 4.78 is 0. The van der Waals surface area contributed by atoms with E-state index in [1.54, 1.807) is 0 Å². The van der Waals surface area contributed by atoms with Gasteiger partial charge >= 0.3 is 0 Å². The fourth-order valence-electron chi connectivity index (χ4n) is 4.30. The maximum atomic E-state index is 12.8. The Labute approximate surface area is 138 Å². The molecule has 1 N–H and O–H groups in total. The van der Waals surface area contributed by atoms with Gasteiger partial charge in [-0.15, -0.1) is 0 Å². The summed E-state index contributed by atoms with van der Waals surface area (Å²) in [5.74, 6) is 0.130. The Balaban J connectivity index is 1.86. The van der Waals surface area contributed by atoms with E-state index in [1.807, 2.05) is 41.3 Å². The van der Waals surface area contributed by atoms with Crippen molar-refractivity contribution in [1.82, 2.24) is 9.88 Å². The monoisotopic (exact) mass is 322 g/mol. The summed E-state index contributed by atoms with van der Waals surface area (Å²) >= 11 is 6.19. The molecule has 2 aliphatic rings. The normalized spacial score (nSPS) is 22.2. The van der Waals surface area contributed by atoms with Crippen LogP contribution in [0, 0.1) is 0 Å². The van der Waals surface area contributed by atoms with E-state index in [0.717, 1.165) is 40.3 Å². The van der Waals surface area contributed by atoms with Gasteiger partial charge in [0.2, 0.25) is 0 Å². The first-order valence-electron chi connectivity index (χ1n) is 7.83. The van der Waals surface area contributed by atoms with Gasteiger partial charge in [0.05, 0.1) is 0 Å². The van der Waals surface area contributed by atoms with Gasteiger partial charge in [0, 0.05) is 33.7 Å². The van der Waals surface area contributed by atoms with Crippen LogP contribution in [0.1, 0.15) is 34.1 Å². The number of rotatable bonds is 0. The second-order valence-electron chi connectivity index (χ2n) is 6.49. The second kappa shape index (κ2) is 4.18. The summed E-state index contributed by atoms with van der Waals surface area (Å²) in [5, 5.41) is 1.92. The molecule has 0 spiro atoms. The van der Waals surface area contributed by atoms with Crippen molar-refractivity contribution < 1.29 is 4.79 Å². The van der Waals surface area contributed by atoms with E-state index in [4.69, 9.17) is 11.6 Å². The molecule has 3 aromatic rings. The topological polar surface area (TPSA) is 36.1 Å². The van der Waals surface area contributed by atoms with E-state index < -0.39 is 5.54 Å². The van der Waals surface area contributed by atoms with Gasteiger partial charge < -0.3 is 9.88 Å². The van der Waals surface area contributed by atoms with Gasteiger partial charge in [-0.1, -0.05) is 29.8 Å². The number of benzene rings is 2. The molecule has 0 saturated heterocycles. The van der Waals surface area contributed by atoms with E-state index in [-0.39, 0.29) is 5.91 Å². The maximum absolute atomic E-state index is 12.8. The Kier molecular flexibility index (Phi) is 2.40. The summed E-state index contributed by atoms with van der Waals surface area (Å²) in [5.41, 5.74) is 4.97. The smallest absolute Gasteiger partial charge is 0.255 e. The number of nitrogens with zero attached hydrogens (tertiary/aromatic N) is 1. The molecule has 2 aliphatic heterocycles. The summed E-state index contributed by atoms with van der Waals surface area (Å²) in [6, 6.07) is 13.9. The molecule has 1 unspecified atom stereocenters. The highest BCUT2D eigenvalue weighted by atomic mass is 35.5. The molecule has 4 heteroatoms. The second-order valence-corrected chi connectivity index (χ2v) is 6.93. The lowest BCUT2D eigenvalue weighted by Gasteiger charge is -2.40. The van der Waals surface area contributed by atoms with Crippen LogP contribution in [0.2, 0.25) is 5.02 Å². The largest absolute Gasteiger partial charge is 0.356 e. The number of carbonyl (C=O) groups excluding carboxylic acids is 1. The highest BCUT2D eigenvalue weighted by molar-refractivity contribution is 6.31. The number of aromatic amines is 1. The Hall–Kier alpha value is -2.26. The van der Waals surface area contributed by atoms with Crippen LogP contribution in [-0.4, -0.2) is 22.3 Å². The van der Waals surface area contributed by atoms with Crippen LogP contribution >= 0.6 is 11.6 Å². The number of aromatic nitrogens is 1. The van der Waals surface area contributed by atoms with Crippen LogP contribution < -0.4 is 0 Å². The number of fused-ring (bicyclic) bond motifs is 7. The van der Waals surface area contributed by atoms with Crippen molar-refractivity contribution in [3.05, 3.63) is 69.9 Å². The van der Waals surface area contributed by atoms with E-state index in [2.05, 4.69) is 18.0 Å². The summed E-state index contributed by atoms with van der Waals surface area (Å²) in [6.07, 6.45) is 0.852. The SMILES string of the molecule is CC12c3ccccc3C(=O)N1CCc1c2[nH]c2ccc(Cl)cc12. The van der Waals surface area contributed by atoms with Crippen molar-refractivity contribution >= 4 is 28.4 Å². The standard InChI is InChI=1S/C19H15ClN2O/c1-19-15-5-3-2-4-13(15)18(23)22(19)9-8-12-14-10-11(20)6-7-16(14)21-17(12)19/h2-7,10,21H,8-9H2,1H3. The molecule has 0 aliphatic carbocycles. The fourth-order valence-corrected chi connectivity index (χ4v) is 4.47. The Bertz CT molecular complexity index is 990. The van der Waals surface area contributed by atoms with Crippen molar-refractivity contribution in [3.8, 4) is 0 Å². The molecule has 1 atom stereocenters. The van der Waals surface area contributed by atoms with Gasteiger partial charge in [-0.3, -0.25) is 4.79 Å². The van der Waals surface area contributed by atoms with E-state index in [9.17, 15) is 4.79 Å². The number of hydrogen-bond donors (Lipinski definition) is 1. The average Bonchev–Trinajstić information content (AvgIpc) is 3.03. The third-order valence-electron chi connectivity index (χ3n) is 5.41. The lowest BCUT2D eigenvalue weighted by molar-refractivity contribution is 0.0626. The molecule has 114 valence electrons. The van der Waals surface area contributed by atoms with Crippen molar-refractivity contribution in [2.75, 3.05) is 6.54 Å². The van der Waals surface area contributed by atoms with Crippen LogP contribution in [0.3, 0.4) is 0 Å². The quantitative estimate of drug-likeness (QED) is 0.664. The summed E-state index contributed by atoms with van der Waals surface area (Å²) in [4.78, 5) is 18.4. The zero-order chi connectivity index (χ0) is 15.8. The molecule has 3 nitrogen and oxygen atoms in total. The van der Waals surface area contributed by atoms with Gasteiger partial charge in [-0.2, -0.15) is 0 Å². The number of halogens is 1. The molecule has 0 bridgehead atoms. The van der Waals surface area contributed by atoms with Gasteiger partial charge in [0.1, 0.15) is 5.54 Å². The molecule has 5 rings (SSSR count). The van der Waals surface area contributed by atoms with Crippen LogP contribution in [-0.2, 0) is 12.0 Å². The first kappa shape index (κ1) is 13.2. The van der Waals surface area contributed by atoms with Gasteiger partial charge in [-0.25, -0.2) is 0 Å². The summed E-state index contributed by atoms with van der Waals surface area (Å²) in [6.45, 7) is 2.88. The predicted molar refractivity (Wildman–Crippen MR) is 90.9 cm³/mol. The molecule has 3 heterocycles. The highest BCUT2D eigenvalue weighted by Crippen LogP contribution is 2.48. The van der Waals surface area contributed by atoms with Crippen molar-refractivity contribution in [1.29, 1.82) is 0 Å². The first-order valence-corrected chi connectivity index (χ1v) is 8.20. The number of hydrogen-bond acceptors (Lipinski definition) is 1. The number of carbonyl (C=O) groups is 1. The minimum Gasteiger partial charge on any atom is -0.356 e. The predicted octanol–water partition coefficient (Wildman–Crippen LogP) is 4.10. The van der Waals surface area contributed by atoms with Gasteiger partial charge in [0.25, 0.3) is 5.91 Å². The molecule has 0 radical (unpaired) electrons. The molecule has 0 saturated carbocycles. The molecular weight excluding hydrogens is 308 g/mol. The zero-order valence-electron chi connectivity index (χ0n) is 12.7. The Morgan fingerprint density at radius 1 is 1.22 bits per heavy atom. The van der Waals surface area contributed by atoms with Crippen molar-refractivity contribution in [2.45, 2.75) is 18.9 Å². The Morgan fingerprint density at radius 3 is 2.91 bits per heavy atom. The molecule has 23 heavy (non-hydrogen) atoms. The third kappa shape index (κ3) is 1.48. The summed E-state index contributed by atoms with van der Waals surface area (Å²) in [7, 11) is 0. The number of amides is 1.